The average molecular weight is 347 g/mol. The maximum absolute atomic E-state index is 12.1. The molecule has 0 bridgehead atoms. The van der Waals surface area contributed by atoms with Crippen molar-refractivity contribution in [2.45, 2.75) is 52.5 Å². The summed E-state index contributed by atoms with van der Waals surface area (Å²) in [5, 5.41) is 5.60. The van der Waals surface area contributed by atoms with E-state index in [9.17, 15) is 4.79 Å². The minimum absolute atomic E-state index is 0.00909. The first-order valence-corrected chi connectivity index (χ1v) is 9.24. The second-order valence-electron chi connectivity index (χ2n) is 7.54. The molecule has 1 saturated heterocycles. The van der Waals surface area contributed by atoms with Crippen molar-refractivity contribution in [2.75, 3.05) is 18.0 Å². The van der Waals surface area contributed by atoms with Gasteiger partial charge in [0.2, 0.25) is 5.13 Å². The molecular formula is C17H25N5OS. The lowest BCUT2D eigenvalue weighted by atomic mass is 9.92. The molecule has 0 atom stereocenters. The molecule has 1 aliphatic heterocycles. The number of aryl methyl sites for hydroxylation is 1. The first-order valence-electron chi connectivity index (χ1n) is 8.47. The van der Waals surface area contributed by atoms with Gasteiger partial charge in [-0.25, -0.2) is 9.67 Å². The average Bonchev–Trinajstić information content (AvgIpc) is 2.95. The van der Waals surface area contributed by atoms with Crippen LogP contribution in [0.2, 0.25) is 0 Å². The molecule has 0 saturated carbocycles. The van der Waals surface area contributed by atoms with Crippen molar-refractivity contribution in [3.05, 3.63) is 34.0 Å². The highest BCUT2D eigenvalue weighted by atomic mass is 32.1. The van der Waals surface area contributed by atoms with Crippen LogP contribution in [-0.2, 0) is 12.0 Å². The van der Waals surface area contributed by atoms with E-state index in [0.717, 1.165) is 42.6 Å². The zero-order valence-corrected chi connectivity index (χ0v) is 15.6. The van der Waals surface area contributed by atoms with Crippen molar-refractivity contribution in [3.63, 3.8) is 0 Å². The third kappa shape index (κ3) is 3.83. The van der Waals surface area contributed by atoms with Gasteiger partial charge in [-0.1, -0.05) is 20.8 Å². The normalized spacial score (nSPS) is 16.6. The lowest BCUT2D eigenvalue weighted by Gasteiger charge is -2.31. The zero-order valence-electron chi connectivity index (χ0n) is 14.8. The lowest BCUT2D eigenvalue weighted by Crippen LogP contribution is -2.37. The van der Waals surface area contributed by atoms with Crippen molar-refractivity contribution >= 4 is 16.7 Å². The van der Waals surface area contributed by atoms with E-state index in [1.54, 1.807) is 10.7 Å². The van der Waals surface area contributed by atoms with Gasteiger partial charge in [0.05, 0.1) is 5.69 Å². The molecule has 0 aromatic carbocycles. The Morgan fingerprint density at radius 2 is 1.96 bits per heavy atom. The molecule has 1 aliphatic rings. The number of hydrogen-bond acceptors (Lipinski definition) is 6. The molecule has 130 valence electrons. The van der Waals surface area contributed by atoms with E-state index in [-0.39, 0.29) is 11.0 Å². The fourth-order valence-electron chi connectivity index (χ4n) is 2.95. The summed E-state index contributed by atoms with van der Waals surface area (Å²) in [6.45, 7) is 10.9. The van der Waals surface area contributed by atoms with Crippen molar-refractivity contribution in [2.24, 2.45) is 5.92 Å². The highest BCUT2D eigenvalue weighted by Gasteiger charge is 2.23. The highest BCUT2D eigenvalue weighted by molar-refractivity contribution is 7.09. The van der Waals surface area contributed by atoms with E-state index in [0.29, 0.717) is 12.5 Å². The van der Waals surface area contributed by atoms with Crippen LogP contribution in [0.1, 0.15) is 45.1 Å². The van der Waals surface area contributed by atoms with Crippen molar-refractivity contribution in [1.82, 2.24) is 19.1 Å². The summed E-state index contributed by atoms with van der Waals surface area (Å²) >= 11 is 1.47. The van der Waals surface area contributed by atoms with Crippen LogP contribution < -0.4 is 10.5 Å². The molecule has 24 heavy (non-hydrogen) atoms. The number of piperidine rings is 1. The van der Waals surface area contributed by atoms with Gasteiger partial charge >= 0.3 is 0 Å². The predicted molar refractivity (Wildman–Crippen MR) is 96.8 cm³/mol. The number of aromatic nitrogens is 4. The summed E-state index contributed by atoms with van der Waals surface area (Å²) in [6.07, 6.45) is 2.10. The number of nitrogens with zero attached hydrogens (tertiary/aromatic N) is 5. The minimum Gasteiger partial charge on any atom is -0.347 e. The second kappa shape index (κ2) is 6.63. The molecule has 0 spiro atoms. The van der Waals surface area contributed by atoms with Gasteiger partial charge in [-0.15, -0.1) is 0 Å². The Morgan fingerprint density at radius 3 is 2.54 bits per heavy atom. The molecule has 0 N–H and O–H groups in total. The molecule has 0 unspecified atom stereocenters. The van der Waals surface area contributed by atoms with Crippen LogP contribution in [0.3, 0.4) is 0 Å². The van der Waals surface area contributed by atoms with Crippen LogP contribution in [0.4, 0.5) is 5.13 Å². The first-order chi connectivity index (χ1) is 11.3. The van der Waals surface area contributed by atoms with E-state index in [1.165, 1.54) is 11.5 Å². The summed E-state index contributed by atoms with van der Waals surface area (Å²) < 4.78 is 5.91. The fourth-order valence-corrected chi connectivity index (χ4v) is 3.67. The fraction of sp³-hybridized carbons (Fsp3) is 0.647. The van der Waals surface area contributed by atoms with Crippen LogP contribution in [0, 0.1) is 12.8 Å². The summed E-state index contributed by atoms with van der Waals surface area (Å²) in [4.78, 5) is 18.9. The molecule has 0 amide bonds. The SMILES string of the molecule is Cc1nsc(N2CCC(Cn3nc(C(C)(C)C)ccc3=O)CC2)n1. The quantitative estimate of drug-likeness (QED) is 0.854. The molecule has 2 aromatic rings. The predicted octanol–water partition coefficient (Wildman–Crippen LogP) is 2.62. The van der Waals surface area contributed by atoms with Crippen molar-refractivity contribution < 1.29 is 0 Å². The van der Waals surface area contributed by atoms with Gasteiger partial charge in [0.1, 0.15) is 5.82 Å². The number of hydrogen-bond donors (Lipinski definition) is 0. The minimum atomic E-state index is -0.0471. The number of anilines is 1. The van der Waals surface area contributed by atoms with Gasteiger partial charge in [-0.2, -0.15) is 9.47 Å². The lowest BCUT2D eigenvalue weighted by molar-refractivity contribution is 0.330. The van der Waals surface area contributed by atoms with Crippen LogP contribution in [0.25, 0.3) is 0 Å². The van der Waals surface area contributed by atoms with Gasteiger partial charge in [-0.05, 0) is 31.7 Å². The van der Waals surface area contributed by atoms with Crippen LogP contribution in [0.5, 0.6) is 0 Å². The summed E-state index contributed by atoms with van der Waals surface area (Å²) in [6, 6.07) is 3.49. The molecule has 1 fully saturated rings. The van der Waals surface area contributed by atoms with Crippen LogP contribution >= 0.6 is 11.5 Å². The molecule has 7 heteroatoms. The van der Waals surface area contributed by atoms with Gasteiger partial charge in [-0.3, -0.25) is 4.79 Å². The molecule has 0 aliphatic carbocycles. The molecular weight excluding hydrogens is 322 g/mol. The molecule has 3 heterocycles. The van der Waals surface area contributed by atoms with E-state index < -0.39 is 0 Å². The third-order valence-electron chi connectivity index (χ3n) is 4.47. The van der Waals surface area contributed by atoms with E-state index >= 15 is 0 Å². The monoisotopic (exact) mass is 347 g/mol. The Labute approximate surface area is 146 Å². The smallest absolute Gasteiger partial charge is 0.266 e. The zero-order chi connectivity index (χ0) is 17.3. The van der Waals surface area contributed by atoms with Gasteiger partial charge < -0.3 is 4.90 Å². The molecule has 2 aromatic heterocycles. The summed E-state index contributed by atoms with van der Waals surface area (Å²) in [5.74, 6) is 1.32. The highest BCUT2D eigenvalue weighted by Crippen LogP contribution is 2.25. The maximum atomic E-state index is 12.1. The molecule has 3 rings (SSSR count). The van der Waals surface area contributed by atoms with Crippen LogP contribution in [0.15, 0.2) is 16.9 Å². The summed E-state index contributed by atoms with van der Waals surface area (Å²) in [7, 11) is 0. The van der Waals surface area contributed by atoms with Crippen molar-refractivity contribution in [1.29, 1.82) is 0 Å². The standard InChI is InChI=1S/C17H25N5OS/c1-12-18-16(24-20-12)21-9-7-13(8-10-21)11-22-15(23)6-5-14(19-22)17(2,3)4/h5-6,13H,7-11H2,1-4H3. The van der Waals surface area contributed by atoms with E-state index in [4.69, 9.17) is 0 Å². The summed E-state index contributed by atoms with van der Waals surface area (Å²) in [5.41, 5.74) is 0.906. The van der Waals surface area contributed by atoms with E-state index in [1.807, 2.05) is 13.0 Å². The van der Waals surface area contributed by atoms with Gasteiger partial charge in [0.25, 0.3) is 5.56 Å². The first kappa shape index (κ1) is 17.1. The van der Waals surface area contributed by atoms with Crippen LogP contribution in [-0.4, -0.2) is 32.2 Å². The number of rotatable bonds is 3. The second-order valence-corrected chi connectivity index (χ2v) is 8.27. The Morgan fingerprint density at radius 1 is 1.25 bits per heavy atom. The van der Waals surface area contributed by atoms with E-state index in [2.05, 4.69) is 40.1 Å². The molecule has 6 nitrogen and oxygen atoms in total. The Bertz CT molecular complexity index is 753. The maximum Gasteiger partial charge on any atom is 0.266 e. The van der Waals surface area contributed by atoms with Gasteiger partial charge in [0.15, 0.2) is 0 Å². The van der Waals surface area contributed by atoms with Crippen molar-refractivity contribution in [3.8, 4) is 0 Å². The Hall–Kier alpha value is -1.76. The van der Waals surface area contributed by atoms with Gasteiger partial charge in [0, 0.05) is 42.6 Å². The molecule has 0 radical (unpaired) electrons. The Kier molecular flexibility index (Phi) is 4.71. The Balaban J connectivity index is 1.65. The topological polar surface area (TPSA) is 63.9 Å². The third-order valence-corrected chi connectivity index (χ3v) is 5.34. The largest absolute Gasteiger partial charge is 0.347 e.